The molecule has 1 aliphatic heterocycles. The third-order valence-electron chi connectivity index (χ3n) is 6.47. The van der Waals surface area contributed by atoms with Crippen LogP contribution in [0, 0.1) is 5.92 Å². The Morgan fingerprint density at radius 3 is 2.33 bits per heavy atom. The van der Waals surface area contributed by atoms with Crippen molar-refractivity contribution in [2.75, 3.05) is 22.9 Å². The zero-order valence-corrected chi connectivity index (χ0v) is 23.2. The minimum absolute atomic E-state index is 0.0154. The molecule has 3 aromatic rings. The van der Waals surface area contributed by atoms with Crippen molar-refractivity contribution in [2.45, 2.75) is 50.8 Å². The van der Waals surface area contributed by atoms with Gasteiger partial charge in [0.15, 0.2) is 6.29 Å². The Bertz CT molecular complexity index is 1250. The van der Waals surface area contributed by atoms with Crippen LogP contribution in [0.15, 0.2) is 77.7 Å². The number of anilines is 2. The molecule has 9 heteroatoms. The number of thioether (sulfide) groups is 1. The van der Waals surface area contributed by atoms with E-state index in [1.54, 1.807) is 11.8 Å². The Morgan fingerprint density at radius 1 is 0.923 bits per heavy atom. The van der Waals surface area contributed by atoms with E-state index in [2.05, 4.69) is 22.9 Å². The van der Waals surface area contributed by atoms with E-state index in [1.807, 2.05) is 79.7 Å². The van der Waals surface area contributed by atoms with Gasteiger partial charge in [-0.1, -0.05) is 43.3 Å². The topological polar surface area (TPSA) is 109 Å². The number of carbonyl (C=O) groups excluding carboxylic acids is 2. The van der Waals surface area contributed by atoms with Gasteiger partial charge in [-0.15, -0.1) is 11.8 Å². The van der Waals surface area contributed by atoms with Crippen LogP contribution in [0.1, 0.15) is 49.9 Å². The van der Waals surface area contributed by atoms with Crippen molar-refractivity contribution in [2.24, 2.45) is 5.92 Å². The highest BCUT2D eigenvalue weighted by Gasteiger charge is 2.38. The van der Waals surface area contributed by atoms with E-state index in [0.29, 0.717) is 18.0 Å². The van der Waals surface area contributed by atoms with E-state index in [0.717, 1.165) is 27.3 Å². The van der Waals surface area contributed by atoms with Gasteiger partial charge in [0.05, 0.1) is 18.8 Å². The van der Waals surface area contributed by atoms with Crippen molar-refractivity contribution in [1.29, 1.82) is 0 Å². The molecule has 1 fully saturated rings. The summed E-state index contributed by atoms with van der Waals surface area (Å²) in [6, 6.07) is 22.8. The number of rotatable bonds is 9. The summed E-state index contributed by atoms with van der Waals surface area (Å²) in [6.45, 7) is 5.99. The molecule has 1 saturated heterocycles. The molecule has 0 aliphatic carbocycles. The van der Waals surface area contributed by atoms with Crippen LogP contribution in [0.25, 0.3) is 0 Å². The highest BCUT2D eigenvalue weighted by Crippen LogP contribution is 2.43. The van der Waals surface area contributed by atoms with Crippen LogP contribution in [-0.4, -0.2) is 35.4 Å². The molecule has 0 bridgehead atoms. The summed E-state index contributed by atoms with van der Waals surface area (Å²) in [4.78, 5) is 24.4. The van der Waals surface area contributed by atoms with E-state index in [9.17, 15) is 14.7 Å². The fraction of sp³-hybridized carbons (Fsp3) is 0.333. The van der Waals surface area contributed by atoms with Crippen LogP contribution in [-0.2, 0) is 20.9 Å². The lowest BCUT2D eigenvalue weighted by Crippen LogP contribution is -2.38. The Morgan fingerprint density at radius 2 is 1.67 bits per heavy atom. The number of aliphatic hydroxyl groups excluding tert-OH is 1. The third kappa shape index (κ3) is 7.83. The fourth-order valence-electron chi connectivity index (χ4n) is 4.42. The summed E-state index contributed by atoms with van der Waals surface area (Å²) in [5, 5.41) is 17.8. The second-order valence-electron chi connectivity index (χ2n) is 9.45. The maximum atomic E-state index is 12.1. The number of aliphatic hydroxyl groups is 1. The first-order chi connectivity index (χ1) is 18.9. The van der Waals surface area contributed by atoms with Gasteiger partial charge in [-0.2, -0.15) is 0 Å². The zero-order chi connectivity index (χ0) is 27.8. The molecule has 206 valence electrons. The van der Waals surface area contributed by atoms with Crippen LogP contribution in [0.3, 0.4) is 0 Å². The molecule has 0 spiro atoms. The molecule has 0 radical (unpaired) electrons. The predicted octanol–water partition coefficient (Wildman–Crippen LogP) is 5.86. The van der Waals surface area contributed by atoms with Crippen molar-refractivity contribution in [3.63, 3.8) is 0 Å². The normalized spacial score (nSPS) is 20.7. The van der Waals surface area contributed by atoms with Gasteiger partial charge in [-0.3, -0.25) is 4.79 Å². The first-order valence-corrected chi connectivity index (χ1v) is 14.0. The molecular weight excluding hydrogens is 514 g/mol. The molecule has 0 aromatic heterocycles. The van der Waals surface area contributed by atoms with Gasteiger partial charge < -0.3 is 30.5 Å². The number of hydrogen-bond donors (Lipinski definition) is 4. The van der Waals surface area contributed by atoms with Gasteiger partial charge in [-0.05, 0) is 54.4 Å². The molecule has 4 N–H and O–H groups in total. The predicted molar refractivity (Wildman–Crippen MR) is 154 cm³/mol. The number of hydrogen-bond acceptors (Lipinski definition) is 6. The SMILES string of the molecule is CCNC(=O)Nc1cccc(C2OC(CSc3ccc(NC(C)=O)cc3)C(C)C(c3ccc(CO)cc3)O2)c1. The van der Waals surface area contributed by atoms with Crippen LogP contribution in [0.5, 0.6) is 0 Å². The average molecular weight is 550 g/mol. The first kappa shape index (κ1) is 28.6. The van der Waals surface area contributed by atoms with Gasteiger partial charge in [0.25, 0.3) is 0 Å². The van der Waals surface area contributed by atoms with E-state index >= 15 is 0 Å². The molecule has 3 amide bonds. The third-order valence-corrected chi connectivity index (χ3v) is 7.57. The number of benzene rings is 3. The van der Waals surface area contributed by atoms with Gasteiger partial charge in [-0.25, -0.2) is 4.79 Å². The largest absolute Gasteiger partial charge is 0.392 e. The number of amides is 3. The Balaban J connectivity index is 1.54. The minimum Gasteiger partial charge on any atom is -0.392 e. The van der Waals surface area contributed by atoms with E-state index in [4.69, 9.17) is 9.47 Å². The van der Waals surface area contributed by atoms with Gasteiger partial charge in [0.1, 0.15) is 0 Å². The van der Waals surface area contributed by atoms with Crippen LogP contribution >= 0.6 is 11.8 Å². The molecule has 4 rings (SSSR count). The van der Waals surface area contributed by atoms with Crippen molar-refractivity contribution in [1.82, 2.24) is 5.32 Å². The molecule has 4 atom stereocenters. The number of ether oxygens (including phenoxy) is 2. The number of carbonyl (C=O) groups is 2. The lowest BCUT2D eigenvalue weighted by atomic mass is 9.91. The van der Waals surface area contributed by atoms with Crippen molar-refractivity contribution in [3.8, 4) is 0 Å². The zero-order valence-electron chi connectivity index (χ0n) is 22.3. The molecule has 1 aliphatic rings. The summed E-state index contributed by atoms with van der Waals surface area (Å²) in [7, 11) is 0. The molecular formula is C30H35N3O5S. The van der Waals surface area contributed by atoms with Crippen LogP contribution < -0.4 is 16.0 Å². The Hall–Kier alpha value is -3.37. The van der Waals surface area contributed by atoms with Gasteiger partial charge in [0.2, 0.25) is 5.91 Å². The average Bonchev–Trinajstić information content (AvgIpc) is 2.93. The number of urea groups is 1. The van der Waals surface area contributed by atoms with E-state index in [-0.39, 0.29) is 36.7 Å². The summed E-state index contributed by atoms with van der Waals surface area (Å²) in [5.74, 6) is 0.640. The van der Waals surface area contributed by atoms with Crippen LogP contribution in [0.4, 0.5) is 16.2 Å². The summed E-state index contributed by atoms with van der Waals surface area (Å²) in [6.07, 6.45) is -0.997. The molecule has 4 unspecified atom stereocenters. The van der Waals surface area contributed by atoms with E-state index < -0.39 is 6.29 Å². The standard InChI is InChI=1S/C30H35N3O5S/c1-4-31-30(36)33-25-7-5-6-23(16-25)29-37-27(18-39-26-14-12-24(13-15-26)32-20(3)35)19(2)28(38-29)22-10-8-21(17-34)9-11-22/h5-16,19,27-29,34H,4,17-18H2,1-3H3,(H,32,35)(H2,31,33,36). The summed E-state index contributed by atoms with van der Waals surface area (Å²) >= 11 is 1.68. The smallest absolute Gasteiger partial charge is 0.319 e. The highest BCUT2D eigenvalue weighted by atomic mass is 32.2. The Labute approximate surface area is 233 Å². The molecule has 3 aromatic carbocycles. The molecule has 0 saturated carbocycles. The lowest BCUT2D eigenvalue weighted by molar-refractivity contribution is -0.268. The monoisotopic (exact) mass is 549 g/mol. The fourth-order valence-corrected chi connectivity index (χ4v) is 5.49. The van der Waals surface area contributed by atoms with Crippen molar-refractivity contribution >= 4 is 35.1 Å². The highest BCUT2D eigenvalue weighted by molar-refractivity contribution is 7.99. The molecule has 1 heterocycles. The van der Waals surface area contributed by atoms with Gasteiger partial charge >= 0.3 is 6.03 Å². The minimum atomic E-state index is -0.632. The van der Waals surface area contributed by atoms with Crippen molar-refractivity contribution < 1.29 is 24.2 Å². The second kappa shape index (κ2) is 13.6. The maximum Gasteiger partial charge on any atom is 0.319 e. The van der Waals surface area contributed by atoms with E-state index in [1.165, 1.54) is 6.92 Å². The van der Waals surface area contributed by atoms with Gasteiger partial charge in [0, 0.05) is 47.0 Å². The first-order valence-electron chi connectivity index (χ1n) is 13.0. The number of nitrogens with one attached hydrogen (secondary N) is 3. The van der Waals surface area contributed by atoms with Crippen LogP contribution in [0.2, 0.25) is 0 Å². The molecule has 8 nitrogen and oxygen atoms in total. The maximum absolute atomic E-state index is 12.1. The summed E-state index contributed by atoms with van der Waals surface area (Å²) in [5.41, 5.74) is 4.07. The Kier molecular flexibility index (Phi) is 10.00. The van der Waals surface area contributed by atoms with Crippen molar-refractivity contribution in [3.05, 3.63) is 89.5 Å². The summed E-state index contributed by atoms with van der Waals surface area (Å²) < 4.78 is 13.0. The molecule has 39 heavy (non-hydrogen) atoms. The lowest BCUT2D eigenvalue weighted by Gasteiger charge is -2.41. The second-order valence-corrected chi connectivity index (χ2v) is 10.5. The quantitative estimate of drug-likeness (QED) is 0.249.